The highest BCUT2D eigenvalue weighted by molar-refractivity contribution is 7.89. The number of nitrogens with zero attached hydrogens (tertiary/aromatic N) is 4. The highest BCUT2D eigenvalue weighted by Gasteiger charge is 2.37. The second-order valence-corrected chi connectivity index (χ2v) is 11.9. The Morgan fingerprint density at radius 3 is 1.97 bits per heavy atom. The van der Waals surface area contributed by atoms with Gasteiger partial charge in [0.05, 0.1) is 31.3 Å². The van der Waals surface area contributed by atoms with Gasteiger partial charge in [-0.15, -0.1) is 0 Å². The van der Waals surface area contributed by atoms with Crippen molar-refractivity contribution in [3.05, 3.63) is 59.9 Å². The molecule has 1 aromatic heterocycles. The summed E-state index contributed by atoms with van der Waals surface area (Å²) >= 11 is 0. The molecule has 2 heterocycles. The van der Waals surface area contributed by atoms with Gasteiger partial charge in [0.15, 0.2) is 0 Å². The van der Waals surface area contributed by atoms with Crippen molar-refractivity contribution in [2.24, 2.45) is 0 Å². The van der Waals surface area contributed by atoms with Crippen LogP contribution in [0.1, 0.15) is 11.4 Å². The lowest BCUT2D eigenvalue weighted by atomic mass is 10.3. The summed E-state index contributed by atoms with van der Waals surface area (Å²) < 4.78 is 68.4. The maximum absolute atomic E-state index is 13.6. The summed E-state index contributed by atoms with van der Waals surface area (Å²) in [7, 11) is -4.97. The first-order chi connectivity index (χ1) is 16.6. The molecule has 4 rings (SSSR count). The highest BCUT2D eigenvalue weighted by atomic mass is 32.2. The molecule has 0 atom stereocenters. The van der Waals surface area contributed by atoms with Gasteiger partial charge in [-0.1, -0.05) is 18.2 Å². The van der Waals surface area contributed by atoms with Gasteiger partial charge in [-0.05, 0) is 38.1 Å². The molecule has 0 bridgehead atoms. The fraction of sp³-hybridized carbons (Fsp3) is 0.348. The molecule has 1 saturated heterocycles. The normalized spacial score (nSPS) is 15.8. The fourth-order valence-electron chi connectivity index (χ4n) is 4.23. The van der Waals surface area contributed by atoms with Crippen LogP contribution in [-0.2, 0) is 20.0 Å². The minimum Gasteiger partial charge on any atom is -0.497 e. The van der Waals surface area contributed by atoms with Gasteiger partial charge in [-0.2, -0.15) is 13.7 Å². The van der Waals surface area contributed by atoms with Crippen LogP contribution in [0.4, 0.5) is 0 Å². The van der Waals surface area contributed by atoms with Crippen molar-refractivity contribution in [2.45, 2.75) is 23.6 Å². The molecule has 0 aliphatic carbocycles. The predicted molar refractivity (Wildman–Crippen MR) is 130 cm³/mol. The maximum Gasteiger partial charge on any atom is 0.246 e. The van der Waals surface area contributed by atoms with Gasteiger partial charge in [-0.3, -0.25) is 0 Å². The van der Waals surface area contributed by atoms with Crippen molar-refractivity contribution in [3.8, 4) is 17.2 Å². The number of hydrogen-bond acceptors (Lipinski definition) is 7. The number of aryl methyl sites for hydroxylation is 1. The Balaban J connectivity index is 1.58. The summed E-state index contributed by atoms with van der Waals surface area (Å²) in [5, 5.41) is 4.45. The van der Waals surface area contributed by atoms with E-state index in [1.54, 1.807) is 24.6 Å². The molecular weight excluding hydrogens is 492 g/mol. The molecule has 1 aliphatic rings. The molecule has 1 fully saturated rings. The van der Waals surface area contributed by atoms with Crippen molar-refractivity contribution in [1.29, 1.82) is 0 Å². The quantitative estimate of drug-likeness (QED) is 0.470. The third kappa shape index (κ3) is 4.54. The van der Waals surface area contributed by atoms with Crippen molar-refractivity contribution in [2.75, 3.05) is 40.4 Å². The van der Waals surface area contributed by atoms with Gasteiger partial charge in [0.2, 0.25) is 20.0 Å². The van der Waals surface area contributed by atoms with Gasteiger partial charge in [-0.25, -0.2) is 21.5 Å². The number of piperazine rings is 1. The lowest BCUT2D eigenvalue weighted by Gasteiger charge is -2.33. The minimum atomic E-state index is -3.93. The van der Waals surface area contributed by atoms with Gasteiger partial charge in [0, 0.05) is 32.2 Å². The minimum absolute atomic E-state index is 0.00679. The third-order valence-corrected chi connectivity index (χ3v) is 10.1. The van der Waals surface area contributed by atoms with Crippen LogP contribution in [0.5, 0.6) is 11.5 Å². The lowest BCUT2D eigenvalue weighted by molar-refractivity contribution is 0.271. The molecule has 2 aromatic carbocycles. The van der Waals surface area contributed by atoms with Crippen molar-refractivity contribution in [1.82, 2.24) is 18.4 Å². The lowest BCUT2D eigenvalue weighted by Crippen LogP contribution is -2.50. The van der Waals surface area contributed by atoms with E-state index in [1.807, 2.05) is 30.3 Å². The Morgan fingerprint density at radius 1 is 0.800 bits per heavy atom. The second kappa shape index (κ2) is 9.61. The van der Waals surface area contributed by atoms with Crippen LogP contribution in [0.25, 0.3) is 5.69 Å². The van der Waals surface area contributed by atoms with E-state index < -0.39 is 20.0 Å². The first kappa shape index (κ1) is 25.2. The summed E-state index contributed by atoms with van der Waals surface area (Å²) in [4.78, 5) is 0.124. The molecule has 35 heavy (non-hydrogen) atoms. The second-order valence-electron chi connectivity index (χ2n) is 8.07. The number of benzene rings is 2. The smallest absolute Gasteiger partial charge is 0.246 e. The first-order valence-corrected chi connectivity index (χ1v) is 13.8. The van der Waals surface area contributed by atoms with E-state index in [1.165, 1.54) is 35.0 Å². The average molecular weight is 521 g/mol. The van der Waals surface area contributed by atoms with Crippen LogP contribution >= 0.6 is 0 Å². The van der Waals surface area contributed by atoms with E-state index >= 15 is 0 Å². The van der Waals surface area contributed by atoms with E-state index in [0.29, 0.717) is 17.1 Å². The Kier molecular flexibility index (Phi) is 6.91. The molecule has 0 spiro atoms. The zero-order valence-electron chi connectivity index (χ0n) is 20.0. The van der Waals surface area contributed by atoms with Crippen LogP contribution in [0, 0.1) is 13.8 Å². The molecule has 0 amide bonds. The van der Waals surface area contributed by atoms with Crippen LogP contribution in [0.15, 0.2) is 58.3 Å². The van der Waals surface area contributed by atoms with E-state index in [0.717, 1.165) is 5.69 Å². The van der Waals surface area contributed by atoms with Gasteiger partial charge in [0.1, 0.15) is 21.3 Å². The first-order valence-electron chi connectivity index (χ1n) is 10.9. The summed E-state index contributed by atoms with van der Waals surface area (Å²) in [6.45, 7) is 3.43. The Bertz CT molecular complexity index is 1430. The monoisotopic (exact) mass is 520 g/mol. The van der Waals surface area contributed by atoms with Gasteiger partial charge in [0.25, 0.3) is 0 Å². The molecular formula is C23H28N4O6S2. The maximum atomic E-state index is 13.6. The molecule has 1 aliphatic heterocycles. The third-order valence-electron chi connectivity index (χ3n) is 6.01. The molecule has 0 radical (unpaired) electrons. The van der Waals surface area contributed by atoms with Crippen molar-refractivity contribution in [3.63, 3.8) is 0 Å². The van der Waals surface area contributed by atoms with E-state index in [2.05, 4.69) is 5.10 Å². The van der Waals surface area contributed by atoms with Crippen LogP contribution in [0.3, 0.4) is 0 Å². The van der Waals surface area contributed by atoms with Crippen LogP contribution in [0.2, 0.25) is 0 Å². The van der Waals surface area contributed by atoms with Crippen LogP contribution < -0.4 is 9.47 Å². The number of para-hydroxylation sites is 1. The topological polar surface area (TPSA) is 111 Å². The fourth-order valence-corrected chi connectivity index (χ4v) is 7.60. The van der Waals surface area contributed by atoms with Gasteiger partial charge < -0.3 is 9.47 Å². The standard InChI is InChI=1S/C23H28N4O6S2/c1-17-23(18(2)27(24-17)19-8-6-5-7-9-19)35(30,31)26-14-12-25(13-15-26)34(28,29)22-16-20(32-3)10-11-21(22)33-4/h5-11,16H,12-15H2,1-4H3. The molecule has 12 heteroatoms. The van der Waals surface area contributed by atoms with Crippen LogP contribution in [-0.4, -0.2) is 75.6 Å². The Hall–Kier alpha value is -2.93. The molecule has 188 valence electrons. The molecule has 3 aromatic rings. The Morgan fingerprint density at radius 2 is 1.40 bits per heavy atom. The Labute approximate surface area is 205 Å². The summed E-state index contributed by atoms with van der Waals surface area (Å²) in [6, 6.07) is 13.8. The SMILES string of the molecule is COc1ccc(OC)c(S(=O)(=O)N2CCN(S(=O)(=O)c3c(C)nn(-c4ccccc4)c3C)CC2)c1. The largest absolute Gasteiger partial charge is 0.497 e. The molecule has 0 unspecified atom stereocenters. The van der Waals surface area contributed by atoms with E-state index in [-0.39, 0.29) is 41.7 Å². The average Bonchev–Trinajstić information content (AvgIpc) is 3.18. The number of hydrogen-bond donors (Lipinski definition) is 0. The molecule has 0 saturated carbocycles. The zero-order valence-corrected chi connectivity index (χ0v) is 21.6. The summed E-state index contributed by atoms with van der Waals surface area (Å²) in [6.07, 6.45) is 0. The molecule has 0 N–H and O–H groups in total. The van der Waals surface area contributed by atoms with Crippen molar-refractivity contribution >= 4 is 20.0 Å². The number of rotatable bonds is 7. The van der Waals surface area contributed by atoms with Crippen molar-refractivity contribution < 1.29 is 26.3 Å². The number of aromatic nitrogens is 2. The van der Waals surface area contributed by atoms with Gasteiger partial charge >= 0.3 is 0 Å². The highest BCUT2D eigenvalue weighted by Crippen LogP contribution is 2.32. The van der Waals surface area contributed by atoms with E-state index in [9.17, 15) is 16.8 Å². The zero-order chi connectivity index (χ0) is 25.4. The molecule has 10 nitrogen and oxygen atoms in total. The van der Waals surface area contributed by atoms with E-state index in [4.69, 9.17) is 9.47 Å². The number of methoxy groups -OCH3 is 2. The summed E-state index contributed by atoms with van der Waals surface area (Å²) in [5.74, 6) is 0.576. The summed E-state index contributed by atoms with van der Waals surface area (Å²) in [5.41, 5.74) is 1.66. The predicted octanol–water partition coefficient (Wildman–Crippen LogP) is 2.20. The number of ether oxygens (including phenoxy) is 2. The number of sulfonamides is 2.